The van der Waals surface area contributed by atoms with Crippen molar-refractivity contribution in [3.05, 3.63) is 34.7 Å². The molecule has 124 valence electrons. The van der Waals surface area contributed by atoms with E-state index in [9.17, 15) is 9.90 Å². The highest BCUT2D eigenvalue weighted by atomic mass is 32.2. The third-order valence-corrected chi connectivity index (χ3v) is 5.34. The van der Waals surface area contributed by atoms with E-state index in [1.807, 2.05) is 0 Å². The van der Waals surface area contributed by atoms with Crippen LogP contribution in [0.25, 0.3) is 6.08 Å². The van der Waals surface area contributed by atoms with Gasteiger partial charge in [-0.25, -0.2) is 0 Å². The van der Waals surface area contributed by atoms with Crippen LogP contribution in [0.4, 0.5) is 0 Å². The van der Waals surface area contributed by atoms with Crippen LogP contribution in [-0.2, 0) is 4.79 Å². The summed E-state index contributed by atoms with van der Waals surface area (Å²) in [6.45, 7) is 8.27. The Balaban J connectivity index is 1.98. The maximum absolute atomic E-state index is 12.5. The standard InChI is InChI=1S/C17H22N2O2S2/c1-3-18(4-2)10-5-11-19-16(21)15(23-17(19)22)12-13-6-8-14(20)9-7-13/h6-9,12,20H,3-5,10-11H2,1-2H3. The lowest BCUT2D eigenvalue weighted by molar-refractivity contribution is -0.896. The molecule has 23 heavy (non-hydrogen) atoms. The van der Waals surface area contributed by atoms with Crippen LogP contribution in [0.1, 0.15) is 25.8 Å². The second-order valence-corrected chi connectivity index (χ2v) is 7.14. The number of rotatable bonds is 7. The van der Waals surface area contributed by atoms with Gasteiger partial charge in [-0.2, -0.15) is 0 Å². The fourth-order valence-electron chi connectivity index (χ4n) is 2.50. The lowest BCUT2D eigenvalue weighted by Gasteiger charge is -2.18. The van der Waals surface area contributed by atoms with E-state index in [1.54, 1.807) is 23.1 Å². The fourth-order valence-corrected chi connectivity index (χ4v) is 3.81. The maximum Gasteiger partial charge on any atom is 0.266 e. The average molecular weight is 351 g/mol. The van der Waals surface area contributed by atoms with Crippen molar-refractivity contribution in [3.8, 4) is 5.75 Å². The topological polar surface area (TPSA) is 47.8 Å². The lowest BCUT2D eigenvalue weighted by Crippen LogP contribution is -3.11. The SMILES string of the molecule is CC[NH+](CC)CCCN1C(=O)C(=Cc2ccc([O-])cc2)SC1=S. The molecule has 1 heterocycles. The van der Waals surface area contributed by atoms with Gasteiger partial charge < -0.3 is 10.0 Å². The van der Waals surface area contributed by atoms with Crippen LogP contribution in [0.15, 0.2) is 29.2 Å². The number of thioether (sulfide) groups is 1. The van der Waals surface area contributed by atoms with Crippen LogP contribution >= 0.6 is 24.0 Å². The highest BCUT2D eigenvalue weighted by Crippen LogP contribution is 2.32. The van der Waals surface area contributed by atoms with Crippen molar-refractivity contribution < 1.29 is 14.8 Å². The molecule has 0 radical (unpaired) electrons. The Morgan fingerprint density at radius 1 is 1.26 bits per heavy atom. The summed E-state index contributed by atoms with van der Waals surface area (Å²) in [5, 5.41) is 11.1. The van der Waals surface area contributed by atoms with E-state index < -0.39 is 0 Å². The van der Waals surface area contributed by atoms with Crippen molar-refractivity contribution in [2.24, 2.45) is 0 Å². The maximum atomic E-state index is 12.5. The fraction of sp³-hybridized carbons (Fsp3) is 0.412. The van der Waals surface area contributed by atoms with Gasteiger partial charge in [0, 0.05) is 13.0 Å². The Kier molecular flexibility index (Phi) is 6.62. The van der Waals surface area contributed by atoms with Crippen LogP contribution < -0.4 is 10.0 Å². The Morgan fingerprint density at radius 3 is 2.52 bits per heavy atom. The molecule has 0 bridgehead atoms. The Hall–Kier alpha value is -1.37. The number of nitrogens with zero attached hydrogens (tertiary/aromatic N) is 1. The molecule has 1 amide bonds. The van der Waals surface area contributed by atoms with E-state index in [4.69, 9.17) is 12.2 Å². The minimum Gasteiger partial charge on any atom is -0.872 e. The van der Waals surface area contributed by atoms with Gasteiger partial charge in [-0.3, -0.25) is 9.69 Å². The highest BCUT2D eigenvalue weighted by molar-refractivity contribution is 8.26. The summed E-state index contributed by atoms with van der Waals surface area (Å²) >= 11 is 6.67. The summed E-state index contributed by atoms with van der Waals surface area (Å²) in [6, 6.07) is 6.44. The summed E-state index contributed by atoms with van der Waals surface area (Å²) in [6.07, 6.45) is 2.75. The molecule has 1 aromatic rings. The van der Waals surface area contributed by atoms with Gasteiger partial charge in [0.1, 0.15) is 4.32 Å². The van der Waals surface area contributed by atoms with E-state index in [-0.39, 0.29) is 11.7 Å². The Morgan fingerprint density at radius 2 is 1.91 bits per heavy atom. The molecule has 6 heteroatoms. The average Bonchev–Trinajstić information content (AvgIpc) is 2.81. The number of benzene rings is 1. The highest BCUT2D eigenvalue weighted by Gasteiger charge is 2.31. The predicted octanol–water partition coefficient (Wildman–Crippen LogP) is 1.28. The minimum atomic E-state index is -0.0337. The summed E-state index contributed by atoms with van der Waals surface area (Å²) in [4.78, 5) is 16.3. The molecule has 0 spiro atoms. The third-order valence-electron chi connectivity index (χ3n) is 3.96. The Bertz CT molecular complexity index is 595. The molecule has 1 fully saturated rings. The van der Waals surface area contributed by atoms with E-state index in [1.165, 1.54) is 28.8 Å². The third kappa shape index (κ3) is 4.80. The molecular formula is C17H22N2O2S2. The molecule has 1 saturated heterocycles. The van der Waals surface area contributed by atoms with Gasteiger partial charge in [0.25, 0.3) is 5.91 Å². The zero-order chi connectivity index (χ0) is 16.8. The molecule has 1 aliphatic rings. The van der Waals surface area contributed by atoms with Gasteiger partial charge in [0.05, 0.1) is 24.5 Å². The number of carbonyl (C=O) groups excluding carboxylic acids is 1. The number of thiocarbonyl (C=S) groups is 1. The summed E-state index contributed by atoms with van der Waals surface area (Å²) < 4.78 is 0.622. The number of carbonyl (C=O) groups is 1. The first-order valence-electron chi connectivity index (χ1n) is 7.91. The predicted molar refractivity (Wildman–Crippen MR) is 97.3 cm³/mol. The van der Waals surface area contributed by atoms with Gasteiger partial charge in [-0.05, 0) is 25.5 Å². The first-order valence-corrected chi connectivity index (χ1v) is 9.13. The van der Waals surface area contributed by atoms with Crippen molar-refractivity contribution in [1.82, 2.24) is 4.90 Å². The molecule has 1 aliphatic heterocycles. The molecule has 0 unspecified atom stereocenters. The zero-order valence-corrected chi connectivity index (χ0v) is 15.1. The molecule has 1 aromatic carbocycles. The molecule has 0 atom stereocenters. The van der Waals surface area contributed by atoms with E-state index >= 15 is 0 Å². The van der Waals surface area contributed by atoms with Crippen molar-refractivity contribution in [3.63, 3.8) is 0 Å². The van der Waals surface area contributed by atoms with E-state index in [0.717, 1.165) is 31.6 Å². The number of hydrogen-bond acceptors (Lipinski definition) is 4. The second-order valence-electron chi connectivity index (χ2n) is 5.46. The van der Waals surface area contributed by atoms with Gasteiger partial charge in [0.15, 0.2) is 0 Å². The van der Waals surface area contributed by atoms with Crippen molar-refractivity contribution >= 4 is 40.3 Å². The minimum absolute atomic E-state index is 0.0271. The van der Waals surface area contributed by atoms with Crippen LogP contribution in [0.2, 0.25) is 0 Å². The van der Waals surface area contributed by atoms with Crippen LogP contribution in [0.3, 0.4) is 0 Å². The molecule has 0 aliphatic carbocycles. The summed E-state index contributed by atoms with van der Waals surface area (Å²) in [5.74, 6) is -0.0608. The molecule has 1 N–H and O–H groups in total. The molecule has 2 rings (SSSR count). The molecule has 0 aromatic heterocycles. The normalized spacial score (nSPS) is 16.8. The van der Waals surface area contributed by atoms with Gasteiger partial charge in [-0.15, -0.1) is 5.75 Å². The molecular weight excluding hydrogens is 328 g/mol. The number of hydrogen-bond donors (Lipinski definition) is 1. The van der Waals surface area contributed by atoms with Gasteiger partial charge >= 0.3 is 0 Å². The number of nitrogens with one attached hydrogen (secondary N) is 1. The van der Waals surface area contributed by atoms with Crippen LogP contribution in [0, 0.1) is 0 Å². The summed E-state index contributed by atoms with van der Waals surface area (Å²) in [5.41, 5.74) is 0.845. The number of amides is 1. The zero-order valence-electron chi connectivity index (χ0n) is 13.5. The van der Waals surface area contributed by atoms with Crippen LogP contribution in [-0.4, -0.2) is 41.3 Å². The quantitative estimate of drug-likeness (QED) is 0.594. The second kappa shape index (κ2) is 8.47. The van der Waals surface area contributed by atoms with E-state index in [0.29, 0.717) is 15.8 Å². The monoisotopic (exact) mass is 350 g/mol. The lowest BCUT2D eigenvalue weighted by atomic mass is 10.2. The summed E-state index contributed by atoms with van der Waals surface area (Å²) in [7, 11) is 0. The van der Waals surface area contributed by atoms with Crippen molar-refractivity contribution in [2.75, 3.05) is 26.2 Å². The van der Waals surface area contributed by atoms with Crippen molar-refractivity contribution in [2.45, 2.75) is 20.3 Å². The van der Waals surface area contributed by atoms with Gasteiger partial charge in [-0.1, -0.05) is 48.2 Å². The first kappa shape index (κ1) is 18.0. The Labute approximate surface area is 147 Å². The van der Waals surface area contributed by atoms with Crippen molar-refractivity contribution in [1.29, 1.82) is 0 Å². The largest absolute Gasteiger partial charge is 0.872 e. The van der Waals surface area contributed by atoms with Crippen LogP contribution in [0.5, 0.6) is 5.75 Å². The molecule has 0 saturated carbocycles. The molecule has 4 nitrogen and oxygen atoms in total. The van der Waals surface area contributed by atoms with E-state index in [2.05, 4.69) is 13.8 Å². The first-order chi connectivity index (χ1) is 11.0. The smallest absolute Gasteiger partial charge is 0.266 e. The number of quaternary nitrogens is 1. The van der Waals surface area contributed by atoms with Gasteiger partial charge in [0.2, 0.25) is 0 Å².